The molecule has 0 atom stereocenters. The van der Waals surface area contributed by atoms with Gasteiger partial charge >= 0.3 is 0 Å². The van der Waals surface area contributed by atoms with Gasteiger partial charge in [-0.3, -0.25) is 0 Å². The predicted molar refractivity (Wildman–Crippen MR) is 78.7 cm³/mol. The molecule has 0 bridgehead atoms. The van der Waals surface area contributed by atoms with E-state index in [2.05, 4.69) is 20.7 Å². The number of hydrogen-bond acceptors (Lipinski definition) is 2. The van der Waals surface area contributed by atoms with Gasteiger partial charge in [0.2, 0.25) is 10.0 Å². The molecular formula is C13H20BrN2O2S+. The predicted octanol–water partition coefficient (Wildman–Crippen LogP) is 0.796. The van der Waals surface area contributed by atoms with Crippen LogP contribution in [0.1, 0.15) is 19.3 Å². The van der Waals surface area contributed by atoms with Crippen LogP contribution in [0.3, 0.4) is 0 Å². The molecule has 0 unspecified atom stereocenters. The normalized spacial score (nSPS) is 16.9. The monoisotopic (exact) mass is 347 g/mol. The number of halogens is 1. The number of rotatable bonds is 6. The summed E-state index contributed by atoms with van der Waals surface area (Å²) in [5.74, 6) is 0. The summed E-state index contributed by atoms with van der Waals surface area (Å²) in [5.41, 5.74) is 0. The molecule has 0 radical (unpaired) electrons. The summed E-state index contributed by atoms with van der Waals surface area (Å²) in [6.45, 7) is 4.03. The third-order valence-electron chi connectivity index (χ3n) is 3.44. The van der Waals surface area contributed by atoms with Gasteiger partial charge < -0.3 is 4.90 Å². The van der Waals surface area contributed by atoms with Gasteiger partial charge in [0, 0.05) is 30.3 Å². The zero-order valence-electron chi connectivity index (χ0n) is 10.9. The number of nitrogens with one attached hydrogen (secondary N) is 2. The minimum absolute atomic E-state index is 0.309. The maximum atomic E-state index is 12.1. The van der Waals surface area contributed by atoms with Gasteiger partial charge in [-0.2, -0.15) is 0 Å². The van der Waals surface area contributed by atoms with Crippen molar-refractivity contribution >= 4 is 26.0 Å². The average Bonchev–Trinajstić information content (AvgIpc) is 2.88. The van der Waals surface area contributed by atoms with E-state index in [1.807, 2.05) is 0 Å². The maximum Gasteiger partial charge on any atom is 0.241 e. The van der Waals surface area contributed by atoms with Gasteiger partial charge in [-0.05, 0) is 28.1 Å². The van der Waals surface area contributed by atoms with Crippen molar-refractivity contribution in [2.24, 2.45) is 0 Å². The lowest BCUT2D eigenvalue weighted by Crippen LogP contribution is -3.10. The van der Waals surface area contributed by atoms with E-state index in [9.17, 15) is 8.42 Å². The molecule has 1 aromatic carbocycles. The molecule has 1 heterocycles. The first-order valence-corrected chi connectivity index (χ1v) is 8.95. The van der Waals surface area contributed by atoms with E-state index in [-0.39, 0.29) is 0 Å². The second-order valence-corrected chi connectivity index (χ2v) is 7.48. The Morgan fingerprint density at radius 1 is 1.21 bits per heavy atom. The Kier molecular flexibility index (Phi) is 5.38. The molecule has 1 aliphatic heterocycles. The van der Waals surface area contributed by atoms with Crippen molar-refractivity contribution < 1.29 is 13.3 Å². The molecular weight excluding hydrogens is 328 g/mol. The zero-order chi connectivity index (χ0) is 13.7. The number of quaternary nitrogens is 1. The van der Waals surface area contributed by atoms with Crippen LogP contribution in [0, 0.1) is 0 Å². The first-order valence-electron chi connectivity index (χ1n) is 6.67. The molecule has 6 heteroatoms. The third-order valence-corrected chi connectivity index (χ3v) is 5.91. The third kappa shape index (κ3) is 4.27. The standard InChI is InChI=1S/C13H19BrN2O2S/c14-12-6-1-2-7-13(12)19(17,18)15-8-5-11-16-9-3-4-10-16/h1-2,6-7,15H,3-5,8-11H2/p+1. The Labute approximate surface area is 123 Å². The van der Waals surface area contributed by atoms with Gasteiger partial charge in [-0.15, -0.1) is 0 Å². The van der Waals surface area contributed by atoms with Crippen molar-refractivity contribution in [3.63, 3.8) is 0 Å². The second-order valence-electron chi connectivity index (χ2n) is 4.89. The van der Waals surface area contributed by atoms with E-state index >= 15 is 0 Å². The molecule has 2 N–H and O–H groups in total. The fourth-order valence-electron chi connectivity index (χ4n) is 2.41. The summed E-state index contributed by atoms with van der Waals surface area (Å²) in [5, 5.41) is 0. The van der Waals surface area contributed by atoms with E-state index in [0.717, 1.165) is 13.0 Å². The summed E-state index contributed by atoms with van der Waals surface area (Å²) in [7, 11) is -3.39. The van der Waals surface area contributed by atoms with Crippen LogP contribution in [-0.4, -0.2) is 34.6 Å². The summed E-state index contributed by atoms with van der Waals surface area (Å²) in [6, 6.07) is 6.88. The fraction of sp³-hybridized carbons (Fsp3) is 0.538. The van der Waals surface area contributed by atoms with Gasteiger partial charge in [0.1, 0.15) is 0 Å². The molecule has 0 saturated carbocycles. The molecule has 19 heavy (non-hydrogen) atoms. The lowest BCUT2D eigenvalue weighted by Gasteiger charge is -2.12. The first kappa shape index (κ1) is 15.0. The lowest BCUT2D eigenvalue weighted by molar-refractivity contribution is -0.887. The van der Waals surface area contributed by atoms with Gasteiger partial charge in [0.05, 0.1) is 24.5 Å². The van der Waals surface area contributed by atoms with E-state index < -0.39 is 10.0 Å². The van der Waals surface area contributed by atoms with Crippen molar-refractivity contribution in [2.75, 3.05) is 26.2 Å². The molecule has 1 aliphatic rings. The molecule has 1 aromatic rings. The van der Waals surface area contributed by atoms with Crippen LogP contribution in [0.15, 0.2) is 33.6 Å². The Bertz CT molecular complexity index is 513. The number of sulfonamides is 1. The number of hydrogen-bond donors (Lipinski definition) is 2. The maximum absolute atomic E-state index is 12.1. The van der Waals surface area contributed by atoms with Crippen LogP contribution < -0.4 is 9.62 Å². The van der Waals surface area contributed by atoms with Crippen molar-refractivity contribution in [1.29, 1.82) is 0 Å². The van der Waals surface area contributed by atoms with E-state index in [4.69, 9.17) is 0 Å². The highest BCUT2D eigenvalue weighted by atomic mass is 79.9. The highest BCUT2D eigenvalue weighted by Gasteiger charge is 2.18. The van der Waals surface area contributed by atoms with Crippen molar-refractivity contribution in [3.8, 4) is 0 Å². The van der Waals surface area contributed by atoms with E-state index in [1.165, 1.54) is 25.9 Å². The molecule has 1 fully saturated rings. The summed E-state index contributed by atoms with van der Waals surface area (Å²) in [6.07, 6.45) is 3.50. The first-order chi connectivity index (χ1) is 9.09. The lowest BCUT2D eigenvalue weighted by atomic mass is 10.4. The van der Waals surface area contributed by atoms with Gasteiger partial charge in [-0.25, -0.2) is 13.1 Å². The van der Waals surface area contributed by atoms with Gasteiger partial charge in [0.15, 0.2) is 0 Å². The van der Waals surface area contributed by atoms with Crippen LogP contribution in [0.2, 0.25) is 0 Å². The van der Waals surface area contributed by atoms with Crippen LogP contribution in [0.4, 0.5) is 0 Å². The number of benzene rings is 1. The average molecular weight is 348 g/mol. The largest absolute Gasteiger partial charge is 0.335 e. The van der Waals surface area contributed by atoms with E-state index in [1.54, 1.807) is 29.2 Å². The number of likely N-dealkylation sites (tertiary alicyclic amines) is 1. The quantitative estimate of drug-likeness (QED) is 0.747. The molecule has 4 nitrogen and oxygen atoms in total. The summed E-state index contributed by atoms with van der Waals surface area (Å²) < 4.78 is 27.5. The minimum Gasteiger partial charge on any atom is -0.335 e. The minimum atomic E-state index is -3.39. The summed E-state index contributed by atoms with van der Waals surface area (Å²) >= 11 is 3.27. The van der Waals surface area contributed by atoms with Crippen LogP contribution in [0.5, 0.6) is 0 Å². The fourth-order valence-corrected chi connectivity index (χ4v) is 4.49. The highest BCUT2D eigenvalue weighted by Crippen LogP contribution is 2.20. The summed E-state index contributed by atoms with van der Waals surface area (Å²) in [4.78, 5) is 1.91. The van der Waals surface area contributed by atoms with Crippen molar-refractivity contribution in [1.82, 2.24) is 4.72 Å². The molecule has 106 valence electrons. The second kappa shape index (κ2) is 6.83. The van der Waals surface area contributed by atoms with Gasteiger partial charge in [0.25, 0.3) is 0 Å². The Balaban J connectivity index is 1.82. The topological polar surface area (TPSA) is 50.6 Å². The molecule has 0 aromatic heterocycles. The molecule has 2 rings (SSSR count). The molecule has 0 amide bonds. The van der Waals surface area contributed by atoms with Crippen LogP contribution >= 0.6 is 15.9 Å². The van der Waals surface area contributed by atoms with Crippen LogP contribution in [0.25, 0.3) is 0 Å². The van der Waals surface area contributed by atoms with Crippen molar-refractivity contribution in [3.05, 3.63) is 28.7 Å². The Morgan fingerprint density at radius 2 is 1.89 bits per heavy atom. The van der Waals surface area contributed by atoms with E-state index in [0.29, 0.717) is 15.9 Å². The van der Waals surface area contributed by atoms with Crippen molar-refractivity contribution in [2.45, 2.75) is 24.2 Å². The molecule has 0 spiro atoms. The van der Waals surface area contributed by atoms with Crippen LogP contribution in [-0.2, 0) is 10.0 Å². The zero-order valence-corrected chi connectivity index (χ0v) is 13.3. The SMILES string of the molecule is O=S(=O)(NCCC[NH+]1CCCC1)c1ccccc1Br. The highest BCUT2D eigenvalue weighted by molar-refractivity contribution is 9.10. The molecule has 1 saturated heterocycles. The molecule has 0 aliphatic carbocycles. The smallest absolute Gasteiger partial charge is 0.241 e. The Hall–Kier alpha value is -0.430. The van der Waals surface area contributed by atoms with Gasteiger partial charge in [-0.1, -0.05) is 12.1 Å². The Morgan fingerprint density at radius 3 is 2.58 bits per heavy atom.